The molecule has 3 aromatic carbocycles. The number of rotatable bonds is 5. The van der Waals surface area contributed by atoms with Crippen LogP contribution < -0.4 is 9.47 Å². The summed E-state index contributed by atoms with van der Waals surface area (Å²) in [4.78, 5) is 12.4. The molecule has 0 saturated carbocycles. The van der Waals surface area contributed by atoms with Crippen molar-refractivity contribution in [1.82, 2.24) is 0 Å². The van der Waals surface area contributed by atoms with Gasteiger partial charge in [0.15, 0.2) is 11.5 Å². The smallest absolute Gasteiger partial charge is 0.343 e. The minimum atomic E-state index is -0.469. The summed E-state index contributed by atoms with van der Waals surface area (Å²) in [6, 6.07) is 21.5. The Bertz CT molecular complexity index is 1110. The van der Waals surface area contributed by atoms with E-state index in [1.54, 1.807) is 54.6 Å². The minimum absolute atomic E-state index is 0.302. The van der Waals surface area contributed by atoms with Gasteiger partial charge in [-0.05, 0) is 60.5 Å². The van der Waals surface area contributed by atoms with Gasteiger partial charge in [0.1, 0.15) is 0 Å². The molecule has 144 valence electrons. The van der Waals surface area contributed by atoms with Crippen LogP contribution in [0.3, 0.4) is 0 Å². The summed E-state index contributed by atoms with van der Waals surface area (Å²) in [5.41, 5.74) is 3.42. The molecule has 0 saturated heterocycles. The molecule has 0 bridgehead atoms. The van der Waals surface area contributed by atoms with Crippen molar-refractivity contribution >= 4 is 29.2 Å². The van der Waals surface area contributed by atoms with Crippen LogP contribution in [0.4, 0.5) is 0 Å². The Hall–Kier alpha value is -3.55. The molecule has 0 atom stereocenters. The maximum Gasteiger partial charge on any atom is 0.343 e. The van der Waals surface area contributed by atoms with E-state index in [4.69, 9.17) is 21.1 Å². The van der Waals surface area contributed by atoms with Gasteiger partial charge in [0, 0.05) is 5.02 Å². The number of carbonyl (C=O) groups excluding carboxylic acids is 1. The normalized spacial score (nSPS) is 10.9. The fourth-order valence-electron chi connectivity index (χ4n) is 2.71. The van der Waals surface area contributed by atoms with Gasteiger partial charge < -0.3 is 9.47 Å². The number of halogens is 1. The van der Waals surface area contributed by atoms with Crippen LogP contribution in [0.25, 0.3) is 11.6 Å². The maximum absolute atomic E-state index is 12.4. The molecule has 3 aromatic rings. The second-order valence-electron chi connectivity index (χ2n) is 6.35. The molecular formula is C24H18ClNO3. The van der Waals surface area contributed by atoms with Crippen LogP contribution >= 0.6 is 11.6 Å². The average Bonchev–Trinajstić information content (AvgIpc) is 2.73. The lowest BCUT2D eigenvalue weighted by atomic mass is 10.0. The number of methoxy groups -OCH3 is 1. The van der Waals surface area contributed by atoms with Crippen LogP contribution in [0.1, 0.15) is 27.0 Å². The molecule has 0 aliphatic heterocycles. The largest absolute Gasteiger partial charge is 0.493 e. The Morgan fingerprint density at radius 3 is 2.41 bits per heavy atom. The highest BCUT2D eigenvalue weighted by Crippen LogP contribution is 2.31. The Morgan fingerprint density at radius 2 is 1.76 bits per heavy atom. The lowest BCUT2D eigenvalue weighted by molar-refractivity contribution is 0.0729. The lowest BCUT2D eigenvalue weighted by Gasteiger charge is -2.10. The first-order chi connectivity index (χ1) is 14.0. The second kappa shape index (κ2) is 9.09. The van der Waals surface area contributed by atoms with Crippen LogP contribution in [0, 0.1) is 18.3 Å². The van der Waals surface area contributed by atoms with Gasteiger partial charge in [-0.2, -0.15) is 5.26 Å². The van der Waals surface area contributed by atoms with Crippen LogP contribution in [0.2, 0.25) is 5.02 Å². The number of esters is 1. The van der Waals surface area contributed by atoms with Crippen LogP contribution in [0.15, 0.2) is 66.7 Å². The number of nitriles is 1. The molecule has 4 nitrogen and oxygen atoms in total. The number of ether oxygens (including phenoxy) is 2. The lowest BCUT2D eigenvalue weighted by Crippen LogP contribution is -2.09. The van der Waals surface area contributed by atoms with E-state index in [2.05, 4.69) is 6.07 Å². The van der Waals surface area contributed by atoms with Crippen LogP contribution in [-0.4, -0.2) is 13.1 Å². The summed E-state index contributed by atoms with van der Waals surface area (Å²) < 4.78 is 10.9. The highest BCUT2D eigenvalue weighted by molar-refractivity contribution is 6.30. The number of carbonyl (C=O) groups is 1. The fourth-order valence-corrected chi connectivity index (χ4v) is 2.90. The third kappa shape index (κ3) is 5.04. The molecule has 5 heteroatoms. The number of nitrogens with zero attached hydrogens (tertiary/aromatic N) is 1. The van der Waals surface area contributed by atoms with E-state index in [-0.39, 0.29) is 0 Å². The van der Waals surface area contributed by atoms with E-state index < -0.39 is 5.97 Å². The zero-order valence-corrected chi connectivity index (χ0v) is 16.7. The van der Waals surface area contributed by atoms with E-state index in [9.17, 15) is 10.1 Å². The summed E-state index contributed by atoms with van der Waals surface area (Å²) in [5.74, 6) is 0.224. The number of benzene rings is 3. The average molecular weight is 404 g/mol. The number of allylic oxidation sites excluding steroid dienone is 1. The molecule has 0 spiro atoms. The van der Waals surface area contributed by atoms with Gasteiger partial charge in [-0.3, -0.25) is 0 Å². The number of aryl methyl sites for hydroxylation is 1. The molecule has 0 heterocycles. The zero-order valence-electron chi connectivity index (χ0n) is 16.0. The third-order valence-electron chi connectivity index (χ3n) is 4.24. The molecule has 0 aliphatic rings. The van der Waals surface area contributed by atoms with Crippen molar-refractivity contribution in [2.75, 3.05) is 7.11 Å². The van der Waals surface area contributed by atoms with Crippen molar-refractivity contribution in [2.24, 2.45) is 0 Å². The molecule has 0 aliphatic carbocycles. The van der Waals surface area contributed by atoms with E-state index in [0.29, 0.717) is 33.2 Å². The van der Waals surface area contributed by atoms with Gasteiger partial charge in [0.25, 0.3) is 0 Å². The predicted molar refractivity (Wildman–Crippen MR) is 114 cm³/mol. The van der Waals surface area contributed by atoms with Crippen molar-refractivity contribution in [2.45, 2.75) is 6.92 Å². The predicted octanol–water partition coefficient (Wildman–Crippen LogP) is 5.94. The molecule has 0 unspecified atom stereocenters. The summed E-state index contributed by atoms with van der Waals surface area (Å²) >= 11 is 6.02. The van der Waals surface area contributed by atoms with Gasteiger partial charge in [0.2, 0.25) is 0 Å². The number of hydrogen-bond acceptors (Lipinski definition) is 4. The SMILES string of the molecule is COc1cc(/C=C(/C#N)c2cccc(Cl)c2)ccc1OC(=O)c1ccc(C)cc1. The highest BCUT2D eigenvalue weighted by Gasteiger charge is 2.13. The maximum atomic E-state index is 12.4. The molecule has 0 N–H and O–H groups in total. The van der Waals surface area contributed by atoms with E-state index >= 15 is 0 Å². The fraction of sp³-hybridized carbons (Fsp3) is 0.0833. The first kappa shape index (κ1) is 20.2. The van der Waals surface area contributed by atoms with E-state index in [1.165, 1.54) is 7.11 Å². The minimum Gasteiger partial charge on any atom is -0.493 e. The van der Waals surface area contributed by atoms with Crippen molar-refractivity contribution in [1.29, 1.82) is 5.26 Å². The molecule has 0 radical (unpaired) electrons. The van der Waals surface area contributed by atoms with E-state index in [0.717, 1.165) is 11.1 Å². The first-order valence-corrected chi connectivity index (χ1v) is 9.22. The molecular weight excluding hydrogens is 386 g/mol. The number of hydrogen-bond donors (Lipinski definition) is 0. The van der Waals surface area contributed by atoms with Crippen molar-refractivity contribution in [3.8, 4) is 17.6 Å². The summed E-state index contributed by atoms with van der Waals surface area (Å²) in [6.07, 6.45) is 1.72. The Balaban J connectivity index is 1.87. The van der Waals surface area contributed by atoms with Gasteiger partial charge >= 0.3 is 5.97 Å². The van der Waals surface area contributed by atoms with Crippen LogP contribution in [0.5, 0.6) is 11.5 Å². The standard InChI is InChI=1S/C24H18ClNO3/c1-16-6-9-18(10-7-16)24(27)29-22-11-8-17(13-23(22)28-2)12-20(15-26)19-4-3-5-21(25)14-19/h3-14H,1-2H3/b20-12-. The quantitative estimate of drug-likeness (QED) is 0.229. The molecule has 3 rings (SSSR count). The highest BCUT2D eigenvalue weighted by atomic mass is 35.5. The zero-order chi connectivity index (χ0) is 20.8. The van der Waals surface area contributed by atoms with Gasteiger partial charge in [-0.1, -0.05) is 47.5 Å². The van der Waals surface area contributed by atoms with E-state index in [1.807, 2.05) is 25.1 Å². The van der Waals surface area contributed by atoms with Gasteiger partial charge in [0.05, 0.1) is 24.3 Å². The monoisotopic (exact) mass is 403 g/mol. The second-order valence-corrected chi connectivity index (χ2v) is 6.78. The summed E-state index contributed by atoms with van der Waals surface area (Å²) in [7, 11) is 1.49. The third-order valence-corrected chi connectivity index (χ3v) is 4.48. The molecule has 29 heavy (non-hydrogen) atoms. The Kier molecular flexibility index (Phi) is 6.33. The Morgan fingerprint density at radius 1 is 1.00 bits per heavy atom. The first-order valence-electron chi connectivity index (χ1n) is 8.85. The molecule has 0 amide bonds. The van der Waals surface area contributed by atoms with Crippen molar-refractivity contribution in [3.63, 3.8) is 0 Å². The van der Waals surface area contributed by atoms with Gasteiger partial charge in [-0.15, -0.1) is 0 Å². The van der Waals surface area contributed by atoms with Crippen LogP contribution in [-0.2, 0) is 0 Å². The summed E-state index contributed by atoms with van der Waals surface area (Å²) in [5, 5.41) is 10.1. The molecule has 0 fully saturated rings. The Labute approximate surface area is 174 Å². The topological polar surface area (TPSA) is 59.3 Å². The van der Waals surface area contributed by atoms with Crippen molar-refractivity contribution in [3.05, 3.63) is 94.0 Å². The summed E-state index contributed by atoms with van der Waals surface area (Å²) in [6.45, 7) is 1.95. The van der Waals surface area contributed by atoms with Gasteiger partial charge in [-0.25, -0.2) is 4.79 Å². The molecule has 0 aromatic heterocycles. The van der Waals surface area contributed by atoms with Crippen molar-refractivity contribution < 1.29 is 14.3 Å².